The van der Waals surface area contributed by atoms with E-state index in [1.807, 2.05) is 74.0 Å². The molecule has 0 atom stereocenters. The van der Waals surface area contributed by atoms with Crippen LogP contribution in [0, 0.1) is 0 Å². The molecule has 0 saturated heterocycles. The van der Waals surface area contributed by atoms with Crippen molar-refractivity contribution >= 4 is 34.0 Å². The first-order valence-electron chi connectivity index (χ1n) is 21.3. The summed E-state index contributed by atoms with van der Waals surface area (Å²) in [5, 5.41) is 0. The van der Waals surface area contributed by atoms with E-state index >= 15 is 0 Å². The zero-order valence-electron chi connectivity index (χ0n) is 38.7. The minimum atomic E-state index is -6.13. The molecule has 0 aliphatic carbocycles. The second-order valence-electron chi connectivity index (χ2n) is 17.9. The standard InChI is InChI=1S/C32H12BF24.C17H20NO2/c34-25(35,36)13-1-14(26(37,38)39)6-21(5-13)33(22-7-15(27(40,41)42)2-16(8-22)28(43,44)45,23-9-17(29(46,47)48)3-18(10-23)30(49,50)51)24-11-19(31(52,53)54)4-20(12-24)32(55,56)57;1-17(2,3)20-16(19)15-11-7-8-12-18(15)13-14-9-5-4-6-10-14/h1-12H;4-12H,13H2,1-3H3/q-1;+1. The van der Waals surface area contributed by atoms with Crippen molar-refractivity contribution in [3.63, 3.8) is 0 Å². The summed E-state index contributed by atoms with van der Waals surface area (Å²) in [7, 11) is 0. The largest absolute Gasteiger partial charge is 0.452 e. The summed E-state index contributed by atoms with van der Waals surface area (Å²) in [4.78, 5) is 12.2. The van der Waals surface area contributed by atoms with Crippen molar-refractivity contribution in [2.24, 2.45) is 0 Å². The fourth-order valence-corrected chi connectivity index (χ4v) is 7.98. The number of halogens is 24. The zero-order chi connectivity index (χ0) is 58.5. The molecule has 0 fully saturated rings. The van der Waals surface area contributed by atoms with Gasteiger partial charge in [0.1, 0.15) is 11.7 Å². The van der Waals surface area contributed by atoms with Crippen LogP contribution in [0.3, 0.4) is 0 Å². The summed E-state index contributed by atoms with van der Waals surface area (Å²) in [6, 6.07) is 6.79. The maximum Gasteiger partial charge on any atom is 0.416 e. The smallest absolute Gasteiger partial charge is 0.416 e. The summed E-state index contributed by atoms with van der Waals surface area (Å²) in [6.07, 6.45) is -52.9. The number of pyridine rings is 1. The average molecular weight is 1130 g/mol. The van der Waals surface area contributed by atoms with E-state index in [9.17, 15) is 110 Å². The monoisotopic (exact) mass is 1130 g/mol. The molecule has 77 heavy (non-hydrogen) atoms. The number of aromatic nitrogens is 1. The molecular formula is C49H32BF24NO2. The highest BCUT2D eigenvalue weighted by Gasteiger charge is 2.47. The number of ether oxygens (including phenoxy) is 1. The van der Waals surface area contributed by atoms with Gasteiger partial charge in [-0.25, -0.2) is 4.79 Å². The van der Waals surface area contributed by atoms with E-state index in [4.69, 9.17) is 4.74 Å². The van der Waals surface area contributed by atoms with E-state index in [2.05, 4.69) is 0 Å². The lowest BCUT2D eigenvalue weighted by Gasteiger charge is -2.46. The number of nitrogens with zero attached hydrogens (tertiary/aromatic N) is 1. The molecule has 1 aromatic heterocycles. The Labute approximate surface area is 418 Å². The van der Waals surface area contributed by atoms with E-state index in [1.165, 1.54) is 0 Å². The van der Waals surface area contributed by atoms with Gasteiger partial charge in [-0.2, -0.15) is 132 Å². The van der Waals surface area contributed by atoms with E-state index in [0.717, 1.165) is 5.56 Å². The first-order chi connectivity index (χ1) is 34.7. The number of carbonyl (C=O) groups excluding carboxylic acids is 1. The molecule has 0 saturated carbocycles. The first kappa shape index (κ1) is 61.0. The molecule has 6 aromatic rings. The number of hydrogen-bond donors (Lipinski definition) is 0. The Morgan fingerprint density at radius 3 is 0.857 bits per heavy atom. The molecule has 0 bridgehead atoms. The van der Waals surface area contributed by atoms with Crippen LogP contribution < -0.4 is 26.4 Å². The maximum absolute atomic E-state index is 14.2. The van der Waals surface area contributed by atoms with Crippen LogP contribution in [0.5, 0.6) is 0 Å². The molecule has 28 heteroatoms. The molecule has 1 heterocycles. The van der Waals surface area contributed by atoms with Gasteiger partial charge in [-0.3, -0.25) is 0 Å². The lowest BCUT2D eigenvalue weighted by Crippen LogP contribution is -2.75. The van der Waals surface area contributed by atoms with Gasteiger partial charge >= 0.3 is 55.4 Å². The van der Waals surface area contributed by atoms with Crippen LogP contribution in [0.4, 0.5) is 105 Å². The molecule has 0 radical (unpaired) electrons. The molecule has 0 aliphatic rings. The van der Waals surface area contributed by atoms with Crippen LogP contribution in [0.25, 0.3) is 0 Å². The predicted molar refractivity (Wildman–Crippen MR) is 227 cm³/mol. The normalized spacial score (nSPS) is 13.5. The van der Waals surface area contributed by atoms with E-state index in [0.29, 0.717) is 12.2 Å². The van der Waals surface area contributed by atoms with Crippen molar-refractivity contribution in [1.29, 1.82) is 0 Å². The minimum Gasteiger partial charge on any atom is -0.452 e. The van der Waals surface area contributed by atoms with E-state index in [1.54, 1.807) is 6.07 Å². The van der Waals surface area contributed by atoms with Gasteiger partial charge in [-0.05, 0) is 51.1 Å². The summed E-state index contributed by atoms with van der Waals surface area (Å²) in [5.41, 5.74) is -29.0. The van der Waals surface area contributed by atoms with Crippen LogP contribution in [-0.4, -0.2) is 17.7 Å². The fourth-order valence-electron chi connectivity index (χ4n) is 7.98. The fraction of sp³-hybridized carbons (Fsp3) is 0.265. The highest BCUT2D eigenvalue weighted by Crippen LogP contribution is 2.41. The van der Waals surface area contributed by atoms with Crippen molar-refractivity contribution < 1.29 is 119 Å². The average Bonchev–Trinajstić information content (AvgIpc) is 3.27. The molecule has 0 aliphatic heterocycles. The number of rotatable bonds is 7. The Morgan fingerprint density at radius 1 is 0.377 bits per heavy atom. The van der Waals surface area contributed by atoms with Gasteiger partial charge in [0.15, 0.2) is 12.7 Å². The summed E-state index contributed by atoms with van der Waals surface area (Å²) in [6.45, 7) is 6.26. The maximum atomic E-state index is 14.2. The first-order valence-corrected chi connectivity index (χ1v) is 21.3. The Hall–Kier alpha value is -6.90. The molecule has 6 rings (SSSR count). The molecule has 5 aromatic carbocycles. The van der Waals surface area contributed by atoms with Gasteiger partial charge in [0.25, 0.3) is 5.69 Å². The Bertz CT molecular complexity index is 2650. The van der Waals surface area contributed by atoms with Crippen molar-refractivity contribution in [3.8, 4) is 0 Å². The molecule has 3 nitrogen and oxygen atoms in total. The minimum absolute atomic E-state index is 0.297. The number of carbonyl (C=O) groups is 1. The third-order valence-electron chi connectivity index (χ3n) is 11.2. The Balaban J connectivity index is 0.000000455. The molecule has 0 spiro atoms. The van der Waals surface area contributed by atoms with Crippen molar-refractivity contribution in [2.45, 2.75) is 82.3 Å². The van der Waals surface area contributed by atoms with Crippen LogP contribution in [0.1, 0.15) is 81.3 Å². The van der Waals surface area contributed by atoms with E-state index in [-0.39, 0.29) is 5.97 Å². The van der Waals surface area contributed by atoms with Crippen LogP contribution in [0.15, 0.2) is 128 Å². The summed E-state index contributed by atoms with van der Waals surface area (Å²) >= 11 is 0. The molecular weight excluding hydrogens is 1100 g/mol. The third-order valence-corrected chi connectivity index (χ3v) is 11.2. The topological polar surface area (TPSA) is 30.2 Å². The number of alkyl halides is 24. The van der Waals surface area contributed by atoms with Crippen LogP contribution >= 0.6 is 0 Å². The van der Waals surface area contributed by atoms with Gasteiger partial charge < -0.3 is 4.74 Å². The highest BCUT2D eigenvalue weighted by molar-refractivity contribution is 7.20. The molecule has 416 valence electrons. The van der Waals surface area contributed by atoms with Gasteiger partial charge in [0, 0.05) is 17.7 Å². The number of hydrogen-bond acceptors (Lipinski definition) is 2. The van der Waals surface area contributed by atoms with E-state index < -0.39 is 200 Å². The van der Waals surface area contributed by atoms with Gasteiger partial charge in [-0.15, -0.1) is 0 Å². The van der Waals surface area contributed by atoms with Crippen molar-refractivity contribution in [3.05, 3.63) is 183 Å². The van der Waals surface area contributed by atoms with Gasteiger partial charge in [-0.1, -0.05) is 78.9 Å². The zero-order valence-corrected chi connectivity index (χ0v) is 38.7. The van der Waals surface area contributed by atoms with Gasteiger partial charge in [0.2, 0.25) is 0 Å². The predicted octanol–water partition coefficient (Wildman–Crippen LogP) is 14.2. The number of esters is 1. The SMILES string of the molecule is CC(C)(C)OC(=O)c1cccc[n+]1Cc1ccccc1.FC(F)(F)c1cc([B-](c2cc(C(F)(F)F)cc(C(F)(F)F)c2)(c2cc(C(F)(F)F)cc(C(F)(F)F)c2)c2cc(C(F)(F)F)cc(C(F)(F)F)c2)cc(C(F)(F)F)c1. The summed E-state index contributed by atoms with van der Waals surface area (Å²) in [5.74, 6) is -0.297. The summed E-state index contributed by atoms with van der Waals surface area (Å²) < 4.78 is 348. The Kier molecular flexibility index (Phi) is 16.5. The highest BCUT2D eigenvalue weighted by atomic mass is 19.4. The van der Waals surface area contributed by atoms with Crippen molar-refractivity contribution in [1.82, 2.24) is 0 Å². The Morgan fingerprint density at radius 2 is 0.623 bits per heavy atom. The third kappa shape index (κ3) is 14.8. The molecule has 0 unspecified atom stereocenters. The van der Waals surface area contributed by atoms with Crippen LogP contribution in [0.2, 0.25) is 0 Å². The second-order valence-corrected chi connectivity index (χ2v) is 17.9. The van der Waals surface area contributed by atoms with Crippen LogP contribution in [-0.2, 0) is 60.7 Å². The number of benzene rings is 5. The molecule has 0 N–H and O–H groups in total. The lowest BCUT2D eigenvalue weighted by molar-refractivity contribution is -0.690. The second kappa shape index (κ2) is 20.8. The molecule has 0 amide bonds. The van der Waals surface area contributed by atoms with Gasteiger partial charge in [0.05, 0.1) is 44.5 Å². The quantitative estimate of drug-likeness (QED) is 0.0690. The van der Waals surface area contributed by atoms with Crippen molar-refractivity contribution in [2.75, 3.05) is 0 Å². The lowest BCUT2D eigenvalue weighted by atomic mass is 9.12.